The van der Waals surface area contributed by atoms with Crippen LogP contribution in [0.25, 0.3) is 0 Å². The summed E-state index contributed by atoms with van der Waals surface area (Å²) in [5, 5.41) is 2.74. The van der Waals surface area contributed by atoms with Gasteiger partial charge in [-0.25, -0.2) is 18.1 Å². The highest BCUT2D eigenvalue weighted by Gasteiger charge is 2.14. The first-order valence-corrected chi connectivity index (χ1v) is 9.23. The highest BCUT2D eigenvalue weighted by atomic mass is 79.9. The molecule has 0 bridgehead atoms. The Balaban J connectivity index is 2.07. The molecule has 2 rings (SSSR count). The monoisotopic (exact) mass is 374 g/mol. The van der Waals surface area contributed by atoms with Gasteiger partial charge in [-0.1, -0.05) is 29.8 Å². The van der Waals surface area contributed by atoms with Gasteiger partial charge in [-0.3, -0.25) is 0 Å². The van der Waals surface area contributed by atoms with Crippen molar-refractivity contribution in [2.45, 2.75) is 31.2 Å². The van der Waals surface area contributed by atoms with Gasteiger partial charge in [0, 0.05) is 9.85 Å². The number of benzene rings is 1. The molecule has 0 saturated heterocycles. The number of aromatic nitrogens is 1. The molecule has 0 fully saturated rings. The van der Waals surface area contributed by atoms with Crippen molar-refractivity contribution in [1.29, 1.82) is 0 Å². The largest absolute Gasteiger partial charge is 0.245 e. The summed E-state index contributed by atoms with van der Waals surface area (Å²) in [5.74, 6) is 0.350. The van der Waals surface area contributed by atoms with Crippen molar-refractivity contribution in [2.75, 3.05) is 0 Å². The molecular weight excluding hydrogens is 360 g/mol. The highest BCUT2D eigenvalue weighted by Crippen LogP contribution is 2.19. The Morgan fingerprint density at radius 1 is 1.30 bits per heavy atom. The van der Waals surface area contributed by atoms with Crippen LogP contribution in [0.5, 0.6) is 0 Å². The van der Waals surface area contributed by atoms with Crippen molar-refractivity contribution in [3.05, 3.63) is 44.8 Å². The average Bonchev–Trinajstić information content (AvgIpc) is 2.86. The molecule has 0 aliphatic rings. The lowest BCUT2D eigenvalue weighted by molar-refractivity contribution is 0.581. The van der Waals surface area contributed by atoms with Crippen LogP contribution in [0.4, 0.5) is 0 Å². The number of hydrogen-bond acceptors (Lipinski definition) is 4. The standard InChI is InChI=1S/C13H15BrN2O2S2/c1-9(2)12-8-19-13(16-12)7-15-20(17,18)11-5-3-10(14)4-6-11/h3-6,8-9,15H,7H2,1-2H3. The molecule has 0 radical (unpaired) electrons. The van der Waals surface area contributed by atoms with Crippen molar-refractivity contribution in [2.24, 2.45) is 0 Å². The van der Waals surface area contributed by atoms with E-state index >= 15 is 0 Å². The van der Waals surface area contributed by atoms with Crippen molar-refractivity contribution in [3.8, 4) is 0 Å². The fraction of sp³-hybridized carbons (Fsp3) is 0.308. The lowest BCUT2D eigenvalue weighted by Crippen LogP contribution is -2.23. The second-order valence-corrected chi connectivity index (χ2v) is 8.22. The van der Waals surface area contributed by atoms with Crippen LogP contribution in [0.15, 0.2) is 39.0 Å². The van der Waals surface area contributed by atoms with Gasteiger partial charge in [0.05, 0.1) is 17.1 Å². The smallest absolute Gasteiger partial charge is 0.240 e. The van der Waals surface area contributed by atoms with Crippen LogP contribution in [0.1, 0.15) is 30.5 Å². The van der Waals surface area contributed by atoms with Gasteiger partial charge in [-0.2, -0.15) is 0 Å². The summed E-state index contributed by atoms with van der Waals surface area (Å²) in [5.41, 5.74) is 0.993. The Kier molecular flexibility index (Phi) is 4.95. The van der Waals surface area contributed by atoms with E-state index in [4.69, 9.17) is 0 Å². The zero-order valence-corrected chi connectivity index (χ0v) is 14.3. The Morgan fingerprint density at radius 3 is 2.50 bits per heavy atom. The predicted molar refractivity (Wildman–Crippen MR) is 84.4 cm³/mol. The molecule has 1 heterocycles. The Hall–Kier alpha value is -0.760. The minimum absolute atomic E-state index is 0.218. The molecule has 0 amide bonds. The third kappa shape index (κ3) is 3.88. The molecule has 0 unspecified atom stereocenters. The molecule has 4 nitrogen and oxygen atoms in total. The minimum Gasteiger partial charge on any atom is -0.245 e. The number of hydrogen-bond donors (Lipinski definition) is 1. The lowest BCUT2D eigenvalue weighted by Gasteiger charge is -2.05. The van der Waals surface area contributed by atoms with Crippen molar-refractivity contribution in [3.63, 3.8) is 0 Å². The summed E-state index contributed by atoms with van der Waals surface area (Å²) >= 11 is 4.75. The van der Waals surface area contributed by atoms with Crippen molar-refractivity contribution < 1.29 is 8.42 Å². The van der Waals surface area contributed by atoms with Crippen LogP contribution >= 0.6 is 27.3 Å². The van der Waals surface area contributed by atoms with E-state index < -0.39 is 10.0 Å². The van der Waals surface area contributed by atoms with Gasteiger partial charge in [0.1, 0.15) is 5.01 Å². The molecule has 0 spiro atoms. The van der Waals surface area contributed by atoms with Crippen molar-refractivity contribution in [1.82, 2.24) is 9.71 Å². The van der Waals surface area contributed by atoms with Crippen LogP contribution in [-0.4, -0.2) is 13.4 Å². The summed E-state index contributed by atoms with van der Waals surface area (Å²) in [7, 11) is -3.49. The predicted octanol–water partition coefficient (Wildman–Crippen LogP) is 3.51. The normalized spacial score (nSPS) is 12.0. The molecule has 7 heteroatoms. The van der Waals surface area contributed by atoms with Gasteiger partial charge in [-0.05, 0) is 30.2 Å². The van der Waals surface area contributed by atoms with Crippen molar-refractivity contribution >= 4 is 37.3 Å². The maximum atomic E-state index is 12.1. The first kappa shape index (κ1) is 15.6. The molecule has 0 aliphatic heterocycles. The first-order chi connectivity index (χ1) is 9.38. The van der Waals surface area contributed by atoms with Gasteiger partial charge >= 0.3 is 0 Å². The number of sulfonamides is 1. The van der Waals surface area contributed by atoms with Gasteiger partial charge in [0.25, 0.3) is 0 Å². The van der Waals surface area contributed by atoms with Crippen LogP contribution in [0.3, 0.4) is 0 Å². The molecule has 1 N–H and O–H groups in total. The quantitative estimate of drug-likeness (QED) is 0.870. The number of thiazole rings is 1. The van der Waals surface area contributed by atoms with E-state index in [9.17, 15) is 8.42 Å². The molecule has 0 aliphatic carbocycles. The molecule has 108 valence electrons. The third-order valence-corrected chi connectivity index (χ3v) is 5.51. The minimum atomic E-state index is -3.49. The molecule has 0 atom stereocenters. The Labute approximate surface area is 131 Å². The third-order valence-electron chi connectivity index (χ3n) is 2.70. The van der Waals surface area contributed by atoms with E-state index in [1.807, 2.05) is 5.38 Å². The van der Waals surface area contributed by atoms with Crippen LogP contribution in [0.2, 0.25) is 0 Å². The first-order valence-electron chi connectivity index (χ1n) is 6.08. The second-order valence-electron chi connectivity index (χ2n) is 4.60. The second kappa shape index (κ2) is 6.34. The summed E-state index contributed by atoms with van der Waals surface area (Å²) in [6.07, 6.45) is 0. The number of nitrogens with one attached hydrogen (secondary N) is 1. The topological polar surface area (TPSA) is 59.1 Å². The van der Waals surface area contributed by atoms with Gasteiger partial charge in [-0.15, -0.1) is 11.3 Å². The summed E-state index contributed by atoms with van der Waals surface area (Å²) in [6, 6.07) is 6.53. The Morgan fingerprint density at radius 2 is 1.95 bits per heavy atom. The zero-order valence-electron chi connectivity index (χ0n) is 11.1. The molecule has 1 aromatic heterocycles. The van der Waals surface area contributed by atoms with Gasteiger partial charge in [0.15, 0.2) is 0 Å². The van der Waals surface area contributed by atoms with Crippen LogP contribution in [0, 0.1) is 0 Å². The maximum absolute atomic E-state index is 12.1. The van der Waals surface area contributed by atoms with Crippen LogP contribution < -0.4 is 4.72 Å². The summed E-state index contributed by atoms with van der Waals surface area (Å²) < 4.78 is 27.6. The summed E-state index contributed by atoms with van der Waals surface area (Å²) in [4.78, 5) is 4.66. The lowest BCUT2D eigenvalue weighted by atomic mass is 10.2. The molecule has 2 aromatic rings. The summed E-state index contributed by atoms with van der Waals surface area (Å²) in [6.45, 7) is 4.34. The Bertz CT molecular complexity index is 679. The highest BCUT2D eigenvalue weighted by molar-refractivity contribution is 9.10. The van der Waals surface area contributed by atoms with E-state index in [0.29, 0.717) is 5.92 Å². The molecule has 20 heavy (non-hydrogen) atoms. The molecule has 0 saturated carbocycles. The van der Waals surface area contributed by atoms with E-state index in [2.05, 4.69) is 39.5 Å². The average molecular weight is 375 g/mol. The van der Waals surface area contributed by atoms with Crippen LogP contribution in [-0.2, 0) is 16.6 Å². The molecular formula is C13H15BrN2O2S2. The fourth-order valence-corrected chi connectivity index (χ4v) is 3.76. The zero-order chi connectivity index (χ0) is 14.8. The fourth-order valence-electron chi connectivity index (χ4n) is 1.53. The van der Waals surface area contributed by atoms with E-state index in [-0.39, 0.29) is 11.4 Å². The van der Waals surface area contributed by atoms with E-state index in [0.717, 1.165) is 15.2 Å². The van der Waals surface area contributed by atoms with Gasteiger partial charge in [0.2, 0.25) is 10.0 Å². The van der Waals surface area contributed by atoms with E-state index in [1.54, 1.807) is 24.3 Å². The number of nitrogens with zero attached hydrogens (tertiary/aromatic N) is 1. The number of halogens is 1. The van der Waals surface area contributed by atoms with E-state index in [1.165, 1.54) is 11.3 Å². The SMILES string of the molecule is CC(C)c1csc(CNS(=O)(=O)c2ccc(Br)cc2)n1. The molecule has 1 aromatic carbocycles. The van der Waals surface area contributed by atoms with Gasteiger partial charge < -0.3 is 0 Å². The maximum Gasteiger partial charge on any atom is 0.240 e. The number of rotatable bonds is 5.